The summed E-state index contributed by atoms with van der Waals surface area (Å²) in [7, 11) is 0. The van der Waals surface area contributed by atoms with Crippen LogP contribution in [0.25, 0.3) is 0 Å². The molecule has 8 unspecified atom stereocenters. The van der Waals surface area contributed by atoms with Crippen molar-refractivity contribution in [2.24, 2.45) is 51.8 Å². The molecule has 4 saturated carbocycles. The third-order valence-corrected chi connectivity index (χ3v) is 12.4. The van der Waals surface area contributed by atoms with E-state index < -0.39 is 5.41 Å². The maximum absolute atomic E-state index is 12.8. The van der Waals surface area contributed by atoms with E-state index in [0.717, 1.165) is 44.9 Å². The molecule has 0 aromatic rings. The lowest BCUT2D eigenvalue weighted by atomic mass is 9.43. The Hall–Kier alpha value is -1.14. The monoisotopic (exact) mass is 534 g/mol. The number of hydrogen-bond acceptors (Lipinski definition) is 6. The molecule has 4 aliphatic rings. The normalized spacial score (nSPS) is 41.4. The summed E-state index contributed by atoms with van der Waals surface area (Å²) in [6, 6.07) is 0. The van der Waals surface area contributed by atoms with Crippen molar-refractivity contribution >= 4 is 11.9 Å². The highest BCUT2D eigenvalue weighted by Gasteiger charge is 2.63. The van der Waals surface area contributed by atoms with Gasteiger partial charge < -0.3 is 19.7 Å². The number of aliphatic hydroxyl groups excluding tert-OH is 2. The van der Waals surface area contributed by atoms with Crippen LogP contribution in [-0.2, 0) is 19.1 Å². The van der Waals surface area contributed by atoms with Gasteiger partial charge in [0.25, 0.3) is 0 Å². The SMILES string of the molecule is CCC(C)(C)C(=O)OC1CC[C@@]2(C)C(CCC3C2CC(O)[C@]2(C)C(C(C)CCC(=O)OCCO)CCC32)C1. The number of hydrogen-bond donors (Lipinski definition) is 2. The summed E-state index contributed by atoms with van der Waals surface area (Å²) in [6.07, 6.45) is 10.2. The highest BCUT2D eigenvalue weighted by Crippen LogP contribution is 2.68. The van der Waals surface area contributed by atoms with Crippen LogP contribution >= 0.6 is 0 Å². The van der Waals surface area contributed by atoms with Crippen molar-refractivity contribution in [2.75, 3.05) is 13.2 Å². The molecule has 0 heterocycles. The Balaban J connectivity index is 1.42. The first-order valence-corrected chi connectivity index (χ1v) is 15.5. The van der Waals surface area contributed by atoms with Gasteiger partial charge in [0.15, 0.2) is 0 Å². The fourth-order valence-corrected chi connectivity index (χ4v) is 9.48. The van der Waals surface area contributed by atoms with Crippen LogP contribution in [0.4, 0.5) is 0 Å². The molecule has 4 aliphatic carbocycles. The van der Waals surface area contributed by atoms with Crippen molar-refractivity contribution in [2.45, 2.75) is 124 Å². The van der Waals surface area contributed by atoms with Gasteiger partial charge >= 0.3 is 11.9 Å². The lowest BCUT2D eigenvalue weighted by molar-refractivity contribution is -0.185. The summed E-state index contributed by atoms with van der Waals surface area (Å²) >= 11 is 0. The molecule has 0 aliphatic heterocycles. The molecule has 6 nitrogen and oxygen atoms in total. The topological polar surface area (TPSA) is 93.1 Å². The van der Waals surface area contributed by atoms with Gasteiger partial charge in [0.2, 0.25) is 0 Å². The summed E-state index contributed by atoms with van der Waals surface area (Å²) in [4.78, 5) is 24.8. The predicted octanol–water partition coefficient (Wildman–Crippen LogP) is 5.92. The van der Waals surface area contributed by atoms with E-state index in [-0.39, 0.29) is 48.2 Å². The van der Waals surface area contributed by atoms with Crippen molar-refractivity contribution in [1.29, 1.82) is 0 Å². The van der Waals surface area contributed by atoms with Gasteiger partial charge in [0.05, 0.1) is 18.1 Å². The van der Waals surface area contributed by atoms with Gasteiger partial charge in [-0.1, -0.05) is 27.7 Å². The number of aliphatic hydroxyl groups is 2. The number of ether oxygens (including phenoxy) is 2. The first-order valence-electron chi connectivity index (χ1n) is 15.5. The van der Waals surface area contributed by atoms with E-state index >= 15 is 0 Å². The van der Waals surface area contributed by atoms with Gasteiger partial charge in [-0.25, -0.2) is 0 Å². The smallest absolute Gasteiger partial charge is 0.311 e. The minimum atomic E-state index is -0.424. The van der Waals surface area contributed by atoms with Gasteiger partial charge in [0, 0.05) is 6.42 Å². The van der Waals surface area contributed by atoms with Crippen molar-refractivity contribution in [3.8, 4) is 0 Å². The summed E-state index contributed by atoms with van der Waals surface area (Å²) in [5.74, 6) is 2.73. The van der Waals surface area contributed by atoms with Crippen molar-refractivity contribution in [3.05, 3.63) is 0 Å². The fourth-order valence-electron chi connectivity index (χ4n) is 9.48. The zero-order valence-corrected chi connectivity index (χ0v) is 24.8. The van der Waals surface area contributed by atoms with Crippen molar-refractivity contribution in [1.82, 2.24) is 0 Å². The molecule has 10 atom stereocenters. The van der Waals surface area contributed by atoms with Crippen LogP contribution in [0.2, 0.25) is 0 Å². The molecule has 4 fully saturated rings. The van der Waals surface area contributed by atoms with Crippen molar-refractivity contribution < 1.29 is 29.3 Å². The van der Waals surface area contributed by atoms with Gasteiger partial charge in [-0.05, 0) is 124 Å². The molecule has 0 aromatic heterocycles. The Labute approximate surface area is 230 Å². The van der Waals surface area contributed by atoms with Crippen LogP contribution in [0.1, 0.15) is 112 Å². The number of esters is 2. The first kappa shape index (κ1) is 29.8. The van der Waals surface area contributed by atoms with Crippen molar-refractivity contribution in [3.63, 3.8) is 0 Å². The fraction of sp³-hybridized carbons (Fsp3) is 0.938. The minimum absolute atomic E-state index is 0.0301. The average Bonchev–Trinajstić information content (AvgIpc) is 3.25. The molecular formula is C32H54O6. The second-order valence-corrected chi connectivity index (χ2v) is 14.5. The predicted molar refractivity (Wildman–Crippen MR) is 147 cm³/mol. The molecule has 0 aromatic carbocycles. The quantitative estimate of drug-likeness (QED) is 0.357. The molecular weight excluding hydrogens is 480 g/mol. The Bertz CT molecular complexity index is 855. The highest BCUT2D eigenvalue weighted by atomic mass is 16.5. The molecule has 218 valence electrons. The molecule has 6 heteroatoms. The average molecular weight is 535 g/mol. The molecule has 0 radical (unpaired) electrons. The maximum Gasteiger partial charge on any atom is 0.311 e. The third kappa shape index (κ3) is 5.30. The largest absolute Gasteiger partial charge is 0.463 e. The number of rotatable bonds is 9. The lowest BCUT2D eigenvalue weighted by Crippen LogP contribution is -2.59. The second kappa shape index (κ2) is 11.4. The van der Waals surface area contributed by atoms with Crippen LogP contribution in [0.15, 0.2) is 0 Å². The highest BCUT2D eigenvalue weighted by molar-refractivity contribution is 5.76. The summed E-state index contributed by atoms with van der Waals surface area (Å²) in [6.45, 7) is 13.0. The number of carbonyl (C=O) groups is 2. The van der Waals surface area contributed by atoms with E-state index in [1.54, 1.807) is 0 Å². The molecule has 0 spiro atoms. The zero-order chi connectivity index (χ0) is 27.9. The van der Waals surface area contributed by atoms with Crippen LogP contribution in [0.3, 0.4) is 0 Å². The van der Waals surface area contributed by atoms with Crippen LogP contribution < -0.4 is 0 Å². The second-order valence-electron chi connectivity index (χ2n) is 14.5. The Morgan fingerprint density at radius 3 is 2.47 bits per heavy atom. The Morgan fingerprint density at radius 1 is 1.05 bits per heavy atom. The lowest BCUT2D eigenvalue weighted by Gasteiger charge is -2.62. The summed E-state index contributed by atoms with van der Waals surface area (Å²) in [5, 5.41) is 20.7. The number of carbonyl (C=O) groups excluding carboxylic acids is 2. The van der Waals surface area contributed by atoms with E-state index in [0.29, 0.717) is 41.9 Å². The maximum atomic E-state index is 12.8. The van der Waals surface area contributed by atoms with Gasteiger partial charge in [-0.15, -0.1) is 0 Å². The molecule has 0 amide bonds. The van der Waals surface area contributed by atoms with Crippen LogP contribution in [0.5, 0.6) is 0 Å². The van der Waals surface area contributed by atoms with E-state index in [9.17, 15) is 14.7 Å². The summed E-state index contributed by atoms with van der Waals surface area (Å²) < 4.78 is 11.1. The van der Waals surface area contributed by atoms with Gasteiger partial charge in [-0.3, -0.25) is 9.59 Å². The third-order valence-electron chi connectivity index (χ3n) is 12.4. The number of fused-ring (bicyclic) bond motifs is 5. The van der Waals surface area contributed by atoms with Crippen LogP contribution in [0, 0.1) is 51.8 Å². The van der Waals surface area contributed by atoms with E-state index in [1.807, 2.05) is 20.8 Å². The molecule has 0 saturated heterocycles. The molecule has 38 heavy (non-hydrogen) atoms. The van der Waals surface area contributed by atoms with Crippen LogP contribution in [-0.4, -0.2) is 47.6 Å². The Morgan fingerprint density at radius 2 is 1.79 bits per heavy atom. The van der Waals surface area contributed by atoms with E-state index in [2.05, 4.69) is 20.8 Å². The first-order chi connectivity index (χ1) is 17.9. The summed E-state index contributed by atoms with van der Waals surface area (Å²) in [5.41, 5.74) is -0.321. The molecule has 2 N–H and O–H groups in total. The van der Waals surface area contributed by atoms with E-state index in [1.165, 1.54) is 19.3 Å². The Kier molecular flexibility index (Phi) is 8.94. The van der Waals surface area contributed by atoms with Gasteiger partial charge in [-0.2, -0.15) is 0 Å². The minimum Gasteiger partial charge on any atom is -0.463 e. The molecule has 0 bridgehead atoms. The standard InChI is InChI=1S/C32H54O6/c1-7-30(3,4)29(36)38-22-14-15-31(5)21(18-22)9-10-23-25-12-11-24(32(25,6)27(34)19-26(23)31)20(2)8-13-28(35)37-17-16-33/h20-27,33-34H,7-19H2,1-6H3/t20?,21?,22?,23?,24?,25?,26?,27?,31-,32+/m0/s1. The molecule has 4 rings (SSSR count). The van der Waals surface area contributed by atoms with Gasteiger partial charge in [0.1, 0.15) is 12.7 Å². The zero-order valence-electron chi connectivity index (χ0n) is 24.8. The van der Waals surface area contributed by atoms with E-state index in [4.69, 9.17) is 14.6 Å².